The highest BCUT2D eigenvalue weighted by Crippen LogP contribution is 2.22. The van der Waals surface area contributed by atoms with Crippen LogP contribution in [0.4, 0.5) is 4.39 Å². The summed E-state index contributed by atoms with van der Waals surface area (Å²) < 4.78 is 14.6. The maximum Gasteiger partial charge on any atom is 0.343 e. The van der Waals surface area contributed by atoms with E-state index in [4.69, 9.17) is 0 Å². The zero-order valence-corrected chi connectivity index (χ0v) is 17.1. The maximum atomic E-state index is 13.1. The van der Waals surface area contributed by atoms with E-state index in [0.29, 0.717) is 18.1 Å². The summed E-state index contributed by atoms with van der Waals surface area (Å²) in [6.45, 7) is 4.08. The van der Waals surface area contributed by atoms with Crippen molar-refractivity contribution in [1.29, 1.82) is 0 Å². The van der Waals surface area contributed by atoms with Crippen LogP contribution in [0.15, 0.2) is 64.5 Å². The summed E-state index contributed by atoms with van der Waals surface area (Å²) >= 11 is 1.22. The van der Waals surface area contributed by atoms with E-state index in [1.807, 2.05) is 37.3 Å². The summed E-state index contributed by atoms with van der Waals surface area (Å²) in [7, 11) is 0. The largest absolute Gasteiger partial charge is 0.349 e. The third-order valence-corrected chi connectivity index (χ3v) is 5.66. The average Bonchev–Trinajstić information content (AvgIpc) is 3.06. The minimum atomic E-state index is -0.455. The Balaban J connectivity index is 1.61. The molecule has 3 rings (SSSR count). The lowest BCUT2D eigenvalue weighted by Crippen LogP contribution is -2.33. The van der Waals surface area contributed by atoms with Gasteiger partial charge in [-0.3, -0.25) is 9.36 Å². The zero-order valence-electron chi connectivity index (χ0n) is 16.3. The Hall–Kier alpha value is -2.87. The number of hydrogen-bond donors (Lipinski definition) is 2. The molecule has 0 bridgehead atoms. The molecule has 3 aromatic rings. The molecule has 0 aliphatic carbocycles. The number of halogens is 1. The van der Waals surface area contributed by atoms with Gasteiger partial charge < -0.3 is 5.32 Å². The standard InChI is InChI=1S/C21H23FN4O2S/c1-14(17-8-10-18(22)11-9-17)23-19(27)15(2)29-21-25-24-20(28)26(21)13-12-16-6-4-3-5-7-16/h3-11,14-15H,12-13H2,1-2H3,(H,23,27)(H,24,28). The molecule has 29 heavy (non-hydrogen) atoms. The van der Waals surface area contributed by atoms with Crippen molar-refractivity contribution in [3.8, 4) is 0 Å². The van der Waals surface area contributed by atoms with Gasteiger partial charge in [0.1, 0.15) is 5.82 Å². The molecule has 0 radical (unpaired) electrons. The number of thioether (sulfide) groups is 1. The predicted octanol–water partition coefficient (Wildman–Crippen LogP) is 3.31. The highest BCUT2D eigenvalue weighted by molar-refractivity contribution is 8.00. The van der Waals surface area contributed by atoms with E-state index >= 15 is 0 Å². The molecule has 8 heteroatoms. The molecule has 0 aliphatic rings. The Bertz CT molecular complexity index is 1000. The molecular weight excluding hydrogens is 391 g/mol. The Morgan fingerprint density at radius 3 is 2.55 bits per heavy atom. The first-order valence-corrected chi connectivity index (χ1v) is 10.2. The van der Waals surface area contributed by atoms with Gasteiger partial charge in [-0.2, -0.15) is 0 Å². The van der Waals surface area contributed by atoms with Crippen LogP contribution in [0.25, 0.3) is 0 Å². The van der Waals surface area contributed by atoms with Gasteiger partial charge >= 0.3 is 5.69 Å². The third-order valence-electron chi connectivity index (χ3n) is 4.57. The van der Waals surface area contributed by atoms with Crippen molar-refractivity contribution < 1.29 is 9.18 Å². The second kappa shape index (κ2) is 9.56. The molecule has 6 nitrogen and oxygen atoms in total. The Labute approximate surface area is 172 Å². The quantitative estimate of drug-likeness (QED) is 0.554. The molecule has 0 spiro atoms. The number of aryl methyl sites for hydroxylation is 1. The van der Waals surface area contributed by atoms with Gasteiger partial charge in [0.05, 0.1) is 11.3 Å². The molecular formula is C21H23FN4O2S. The monoisotopic (exact) mass is 414 g/mol. The van der Waals surface area contributed by atoms with E-state index in [-0.39, 0.29) is 23.5 Å². The number of nitrogens with one attached hydrogen (secondary N) is 2. The van der Waals surface area contributed by atoms with Crippen molar-refractivity contribution >= 4 is 17.7 Å². The fraction of sp³-hybridized carbons (Fsp3) is 0.286. The zero-order chi connectivity index (χ0) is 20.8. The molecule has 1 heterocycles. The number of carbonyl (C=O) groups excluding carboxylic acids is 1. The van der Waals surface area contributed by atoms with Crippen molar-refractivity contribution in [3.63, 3.8) is 0 Å². The van der Waals surface area contributed by atoms with Crippen LogP contribution in [-0.2, 0) is 17.8 Å². The summed E-state index contributed by atoms with van der Waals surface area (Å²) in [5.74, 6) is -0.500. The summed E-state index contributed by atoms with van der Waals surface area (Å²) in [5.41, 5.74) is 1.64. The number of rotatable bonds is 8. The lowest BCUT2D eigenvalue weighted by atomic mass is 10.1. The second-order valence-corrected chi connectivity index (χ2v) is 8.05. The molecule has 0 saturated carbocycles. The van der Waals surface area contributed by atoms with Gasteiger partial charge in [0, 0.05) is 6.54 Å². The van der Waals surface area contributed by atoms with Crippen LogP contribution in [-0.4, -0.2) is 25.9 Å². The SMILES string of the molecule is CC(Sc1n[nH]c(=O)n1CCc1ccccc1)C(=O)NC(C)c1ccc(F)cc1. The van der Waals surface area contributed by atoms with E-state index in [0.717, 1.165) is 11.1 Å². The molecule has 1 aromatic heterocycles. The van der Waals surface area contributed by atoms with E-state index in [1.165, 1.54) is 23.9 Å². The number of benzene rings is 2. The summed E-state index contributed by atoms with van der Waals surface area (Å²) in [4.78, 5) is 24.7. The molecule has 1 amide bonds. The third kappa shape index (κ3) is 5.57. The predicted molar refractivity (Wildman–Crippen MR) is 111 cm³/mol. The van der Waals surface area contributed by atoms with E-state index in [2.05, 4.69) is 15.5 Å². The molecule has 0 aliphatic heterocycles. The summed E-state index contributed by atoms with van der Waals surface area (Å²) in [5, 5.41) is 9.46. The highest BCUT2D eigenvalue weighted by atomic mass is 32.2. The van der Waals surface area contributed by atoms with Crippen LogP contribution in [0, 0.1) is 5.82 Å². The number of carbonyl (C=O) groups is 1. The normalized spacial score (nSPS) is 13.1. The minimum absolute atomic E-state index is 0.183. The van der Waals surface area contributed by atoms with Crippen LogP contribution < -0.4 is 11.0 Å². The molecule has 0 saturated heterocycles. The number of hydrogen-bond acceptors (Lipinski definition) is 4. The van der Waals surface area contributed by atoms with Gasteiger partial charge in [0.15, 0.2) is 5.16 Å². The highest BCUT2D eigenvalue weighted by Gasteiger charge is 2.21. The van der Waals surface area contributed by atoms with Crippen molar-refractivity contribution in [2.75, 3.05) is 0 Å². The second-order valence-electron chi connectivity index (χ2n) is 6.74. The van der Waals surface area contributed by atoms with Gasteiger partial charge in [0.25, 0.3) is 0 Å². The van der Waals surface area contributed by atoms with Crippen molar-refractivity contribution in [3.05, 3.63) is 82.0 Å². The van der Waals surface area contributed by atoms with Gasteiger partial charge in [-0.05, 0) is 43.5 Å². The number of aromatic nitrogens is 3. The van der Waals surface area contributed by atoms with Crippen LogP contribution >= 0.6 is 11.8 Å². The molecule has 152 valence electrons. The van der Waals surface area contributed by atoms with Gasteiger partial charge in [-0.25, -0.2) is 14.3 Å². The first-order chi connectivity index (χ1) is 13.9. The number of H-pyrrole nitrogens is 1. The maximum absolute atomic E-state index is 13.1. The molecule has 2 atom stereocenters. The molecule has 2 aromatic carbocycles. The van der Waals surface area contributed by atoms with Gasteiger partial charge in [0.2, 0.25) is 5.91 Å². The molecule has 0 fully saturated rings. The van der Waals surface area contributed by atoms with Crippen molar-refractivity contribution in [1.82, 2.24) is 20.1 Å². The number of nitrogens with zero attached hydrogens (tertiary/aromatic N) is 2. The van der Waals surface area contributed by atoms with E-state index < -0.39 is 5.25 Å². The van der Waals surface area contributed by atoms with Crippen LogP contribution in [0.5, 0.6) is 0 Å². The first kappa shape index (κ1) is 20.9. The lowest BCUT2D eigenvalue weighted by Gasteiger charge is -2.17. The first-order valence-electron chi connectivity index (χ1n) is 9.35. The van der Waals surface area contributed by atoms with Crippen LogP contribution in [0.2, 0.25) is 0 Å². The molecule has 2 unspecified atom stereocenters. The fourth-order valence-electron chi connectivity index (χ4n) is 2.85. The molecule has 2 N–H and O–H groups in total. The summed E-state index contributed by atoms with van der Waals surface area (Å²) in [6.07, 6.45) is 0.690. The average molecular weight is 415 g/mol. The Morgan fingerprint density at radius 2 is 1.86 bits per heavy atom. The number of aromatic amines is 1. The van der Waals surface area contributed by atoms with Gasteiger partial charge in [-0.15, -0.1) is 5.10 Å². The Morgan fingerprint density at radius 1 is 1.17 bits per heavy atom. The van der Waals surface area contributed by atoms with Crippen molar-refractivity contribution in [2.24, 2.45) is 0 Å². The smallest absolute Gasteiger partial charge is 0.343 e. The number of amides is 1. The van der Waals surface area contributed by atoms with Crippen LogP contribution in [0.3, 0.4) is 0 Å². The topological polar surface area (TPSA) is 79.8 Å². The van der Waals surface area contributed by atoms with Gasteiger partial charge in [-0.1, -0.05) is 54.2 Å². The fourth-order valence-corrected chi connectivity index (χ4v) is 3.74. The van der Waals surface area contributed by atoms with Crippen molar-refractivity contribution in [2.45, 2.75) is 43.3 Å². The van der Waals surface area contributed by atoms with E-state index in [9.17, 15) is 14.0 Å². The van der Waals surface area contributed by atoms with Crippen LogP contribution in [0.1, 0.15) is 31.0 Å². The van der Waals surface area contributed by atoms with E-state index in [1.54, 1.807) is 23.6 Å². The summed E-state index contributed by atoms with van der Waals surface area (Å²) in [6, 6.07) is 15.6. The lowest BCUT2D eigenvalue weighted by molar-refractivity contribution is -0.120. The Kier molecular flexibility index (Phi) is 6.87. The minimum Gasteiger partial charge on any atom is -0.349 e.